The first-order chi connectivity index (χ1) is 8.75. The molecule has 3 nitrogen and oxygen atoms in total. The molecule has 0 fully saturated rings. The molecule has 0 aliphatic rings. The number of hydrogen-bond acceptors (Lipinski definition) is 3. The summed E-state index contributed by atoms with van der Waals surface area (Å²) >= 11 is 6.89. The number of aromatic nitrogens is 2. The molecule has 0 amide bonds. The smallest absolute Gasteiger partial charge is 0.0684 e. The molecule has 2 aromatic heterocycles. The summed E-state index contributed by atoms with van der Waals surface area (Å²) in [4.78, 5) is 8.36. The molecule has 1 N–H and O–H groups in total. The number of hydrogen-bond donors (Lipinski definition) is 1. The first-order valence-electron chi connectivity index (χ1n) is 5.65. The standard InChI is InChI=1S/C13H13Br2N3/c14-11-7-12(15)13(18-8-11)9-17-6-3-10-1-4-16-5-2-10/h1-2,4-5,7-8,17H,3,6,9H2. The third-order valence-electron chi connectivity index (χ3n) is 2.52. The van der Waals surface area contributed by atoms with Gasteiger partial charge in [0, 0.05) is 34.1 Å². The van der Waals surface area contributed by atoms with Crippen LogP contribution in [0.3, 0.4) is 0 Å². The van der Waals surface area contributed by atoms with Crippen LogP contribution in [0.5, 0.6) is 0 Å². The molecule has 0 aliphatic heterocycles. The van der Waals surface area contributed by atoms with Crippen LogP contribution in [0.2, 0.25) is 0 Å². The van der Waals surface area contributed by atoms with Crippen molar-refractivity contribution in [1.82, 2.24) is 15.3 Å². The molecular weight excluding hydrogens is 358 g/mol. The fourth-order valence-electron chi connectivity index (χ4n) is 1.56. The van der Waals surface area contributed by atoms with Gasteiger partial charge in [-0.1, -0.05) is 0 Å². The van der Waals surface area contributed by atoms with E-state index in [9.17, 15) is 0 Å². The molecule has 0 saturated heterocycles. The lowest BCUT2D eigenvalue weighted by Gasteiger charge is -2.06. The lowest BCUT2D eigenvalue weighted by molar-refractivity contribution is 0.672. The topological polar surface area (TPSA) is 37.8 Å². The monoisotopic (exact) mass is 369 g/mol. The average molecular weight is 371 g/mol. The summed E-state index contributed by atoms with van der Waals surface area (Å²) in [5.74, 6) is 0. The van der Waals surface area contributed by atoms with Gasteiger partial charge in [0.1, 0.15) is 0 Å². The molecule has 2 aromatic rings. The second-order valence-electron chi connectivity index (χ2n) is 3.86. The summed E-state index contributed by atoms with van der Waals surface area (Å²) in [7, 11) is 0. The van der Waals surface area contributed by atoms with Crippen molar-refractivity contribution in [3.8, 4) is 0 Å². The van der Waals surface area contributed by atoms with Gasteiger partial charge in [-0.25, -0.2) is 0 Å². The fraction of sp³-hybridized carbons (Fsp3) is 0.231. The Kier molecular flexibility index (Phi) is 5.28. The van der Waals surface area contributed by atoms with E-state index >= 15 is 0 Å². The van der Waals surface area contributed by atoms with Gasteiger partial charge in [-0.2, -0.15) is 0 Å². The van der Waals surface area contributed by atoms with E-state index < -0.39 is 0 Å². The maximum Gasteiger partial charge on any atom is 0.0684 e. The number of halogens is 2. The van der Waals surface area contributed by atoms with Gasteiger partial charge in [0.15, 0.2) is 0 Å². The van der Waals surface area contributed by atoms with Crippen molar-refractivity contribution in [2.24, 2.45) is 0 Å². The van der Waals surface area contributed by atoms with Crippen LogP contribution >= 0.6 is 31.9 Å². The molecule has 0 aromatic carbocycles. The van der Waals surface area contributed by atoms with Crippen molar-refractivity contribution in [2.45, 2.75) is 13.0 Å². The predicted molar refractivity (Wildman–Crippen MR) is 79.3 cm³/mol. The number of nitrogens with zero attached hydrogens (tertiary/aromatic N) is 2. The van der Waals surface area contributed by atoms with Gasteiger partial charge in [-0.05, 0) is 68.6 Å². The van der Waals surface area contributed by atoms with E-state index in [4.69, 9.17) is 0 Å². The van der Waals surface area contributed by atoms with Crippen LogP contribution in [0.15, 0.2) is 45.7 Å². The fourth-order valence-corrected chi connectivity index (χ4v) is 2.69. The van der Waals surface area contributed by atoms with Crippen LogP contribution in [0, 0.1) is 0 Å². The van der Waals surface area contributed by atoms with E-state index in [2.05, 4.69) is 47.1 Å². The summed E-state index contributed by atoms with van der Waals surface area (Å²) < 4.78 is 2.00. The number of pyridine rings is 2. The Morgan fingerprint density at radius 2 is 1.94 bits per heavy atom. The lowest BCUT2D eigenvalue weighted by atomic mass is 10.2. The Bertz CT molecular complexity index is 503. The Morgan fingerprint density at radius 3 is 2.67 bits per heavy atom. The summed E-state index contributed by atoms with van der Waals surface area (Å²) in [5.41, 5.74) is 2.31. The third kappa shape index (κ3) is 4.15. The van der Waals surface area contributed by atoms with E-state index in [1.807, 2.05) is 36.8 Å². The number of rotatable bonds is 5. The molecule has 2 rings (SSSR count). The molecule has 2 heterocycles. The quantitative estimate of drug-likeness (QED) is 0.820. The van der Waals surface area contributed by atoms with E-state index in [1.54, 1.807) is 0 Å². The van der Waals surface area contributed by atoms with Crippen molar-refractivity contribution in [3.05, 3.63) is 57.0 Å². The van der Waals surface area contributed by atoms with Gasteiger partial charge in [0.25, 0.3) is 0 Å². The Labute approximate surface area is 123 Å². The van der Waals surface area contributed by atoms with Gasteiger partial charge >= 0.3 is 0 Å². The molecule has 0 radical (unpaired) electrons. The van der Waals surface area contributed by atoms with Crippen LogP contribution < -0.4 is 5.32 Å². The van der Waals surface area contributed by atoms with Gasteiger partial charge in [-0.15, -0.1) is 0 Å². The molecule has 0 atom stereocenters. The van der Waals surface area contributed by atoms with Crippen LogP contribution in [0.4, 0.5) is 0 Å². The SMILES string of the molecule is Brc1cnc(CNCCc2ccncc2)c(Br)c1. The second kappa shape index (κ2) is 6.97. The first-order valence-corrected chi connectivity index (χ1v) is 7.24. The Balaban J connectivity index is 1.79. The largest absolute Gasteiger partial charge is 0.311 e. The van der Waals surface area contributed by atoms with Gasteiger partial charge in [0.2, 0.25) is 0 Å². The minimum absolute atomic E-state index is 0.763. The van der Waals surface area contributed by atoms with Crippen molar-refractivity contribution in [3.63, 3.8) is 0 Å². The van der Waals surface area contributed by atoms with Crippen molar-refractivity contribution >= 4 is 31.9 Å². The molecular formula is C13H13Br2N3. The van der Waals surface area contributed by atoms with Gasteiger partial charge in [-0.3, -0.25) is 9.97 Å². The highest BCUT2D eigenvalue weighted by Crippen LogP contribution is 2.19. The third-order valence-corrected chi connectivity index (χ3v) is 3.64. The molecule has 18 heavy (non-hydrogen) atoms. The zero-order chi connectivity index (χ0) is 12.8. The molecule has 0 saturated carbocycles. The highest BCUT2D eigenvalue weighted by molar-refractivity contribution is 9.11. The van der Waals surface area contributed by atoms with E-state index in [-0.39, 0.29) is 0 Å². The second-order valence-corrected chi connectivity index (χ2v) is 5.63. The van der Waals surface area contributed by atoms with Crippen LogP contribution in [0.25, 0.3) is 0 Å². The molecule has 94 valence electrons. The van der Waals surface area contributed by atoms with Crippen LogP contribution in [-0.2, 0) is 13.0 Å². The molecule has 5 heteroatoms. The van der Waals surface area contributed by atoms with E-state index in [0.29, 0.717) is 0 Å². The zero-order valence-corrected chi connectivity index (χ0v) is 12.9. The highest BCUT2D eigenvalue weighted by atomic mass is 79.9. The molecule has 0 unspecified atom stereocenters. The van der Waals surface area contributed by atoms with E-state index in [0.717, 1.165) is 34.1 Å². The Morgan fingerprint density at radius 1 is 1.17 bits per heavy atom. The summed E-state index contributed by atoms with van der Waals surface area (Å²) in [6.07, 6.45) is 6.45. The van der Waals surface area contributed by atoms with Gasteiger partial charge < -0.3 is 5.32 Å². The van der Waals surface area contributed by atoms with Crippen LogP contribution in [-0.4, -0.2) is 16.5 Å². The maximum atomic E-state index is 4.36. The summed E-state index contributed by atoms with van der Waals surface area (Å²) in [5, 5.41) is 3.38. The van der Waals surface area contributed by atoms with Crippen LogP contribution in [0.1, 0.15) is 11.3 Å². The number of nitrogens with one attached hydrogen (secondary N) is 1. The van der Waals surface area contributed by atoms with Gasteiger partial charge in [0.05, 0.1) is 5.69 Å². The maximum absolute atomic E-state index is 4.36. The highest BCUT2D eigenvalue weighted by Gasteiger charge is 2.01. The minimum Gasteiger partial charge on any atom is -0.311 e. The minimum atomic E-state index is 0.763. The first kappa shape index (κ1) is 13.6. The molecule has 0 aliphatic carbocycles. The van der Waals surface area contributed by atoms with Crippen molar-refractivity contribution in [1.29, 1.82) is 0 Å². The van der Waals surface area contributed by atoms with Crippen molar-refractivity contribution < 1.29 is 0 Å². The lowest BCUT2D eigenvalue weighted by Crippen LogP contribution is -2.17. The summed E-state index contributed by atoms with van der Waals surface area (Å²) in [6.45, 7) is 1.69. The molecule has 0 bridgehead atoms. The van der Waals surface area contributed by atoms with E-state index in [1.165, 1.54) is 5.56 Å². The Hall–Kier alpha value is -0.780. The predicted octanol–water partition coefficient (Wildman–Crippen LogP) is 3.33. The normalized spacial score (nSPS) is 10.6. The summed E-state index contributed by atoms with van der Waals surface area (Å²) in [6, 6.07) is 6.08. The zero-order valence-electron chi connectivity index (χ0n) is 9.74. The molecule has 0 spiro atoms. The average Bonchev–Trinajstić information content (AvgIpc) is 2.38. The van der Waals surface area contributed by atoms with Crippen molar-refractivity contribution in [2.75, 3.05) is 6.54 Å².